The highest BCUT2D eigenvalue weighted by molar-refractivity contribution is 7.99. The second kappa shape index (κ2) is 8.36. The number of thioether (sulfide) groups is 1. The van der Waals surface area contributed by atoms with Gasteiger partial charge in [0.05, 0.1) is 24.3 Å². The lowest BCUT2D eigenvalue weighted by atomic mass is 10.2. The summed E-state index contributed by atoms with van der Waals surface area (Å²) in [6, 6.07) is 9.73. The molecule has 1 amide bonds. The van der Waals surface area contributed by atoms with Gasteiger partial charge in [-0.05, 0) is 36.4 Å². The Morgan fingerprint density at radius 3 is 2.93 bits per heavy atom. The molecule has 4 rings (SSSR count). The lowest BCUT2D eigenvalue weighted by molar-refractivity contribution is -0.113. The van der Waals surface area contributed by atoms with Crippen LogP contribution in [0.2, 0.25) is 0 Å². The number of halogens is 1. The Hall–Kier alpha value is -2.98. The van der Waals surface area contributed by atoms with E-state index < -0.39 is 0 Å². The van der Waals surface area contributed by atoms with Crippen LogP contribution in [0.15, 0.2) is 63.9 Å². The number of amides is 1. The van der Waals surface area contributed by atoms with Crippen LogP contribution in [0.5, 0.6) is 0 Å². The van der Waals surface area contributed by atoms with Gasteiger partial charge in [-0.1, -0.05) is 11.8 Å². The summed E-state index contributed by atoms with van der Waals surface area (Å²) in [6.45, 7) is 0.497. The predicted molar refractivity (Wildman–Crippen MR) is 105 cm³/mol. The lowest BCUT2D eigenvalue weighted by Gasteiger charge is -2.04. The third kappa shape index (κ3) is 4.46. The Morgan fingerprint density at radius 2 is 2.14 bits per heavy atom. The molecule has 0 aliphatic heterocycles. The summed E-state index contributed by atoms with van der Waals surface area (Å²) in [5.74, 6) is 0.451. The molecule has 4 aromatic rings. The van der Waals surface area contributed by atoms with Crippen molar-refractivity contribution in [1.82, 2.24) is 19.7 Å². The first kappa shape index (κ1) is 18.4. The van der Waals surface area contributed by atoms with Crippen LogP contribution in [0.1, 0.15) is 5.76 Å². The van der Waals surface area contributed by atoms with Gasteiger partial charge in [0.2, 0.25) is 5.91 Å². The molecule has 10 heteroatoms. The number of hydrogen-bond acceptors (Lipinski definition) is 7. The second-order valence-corrected chi connectivity index (χ2v) is 7.50. The third-order valence-corrected chi connectivity index (χ3v) is 5.45. The van der Waals surface area contributed by atoms with Crippen molar-refractivity contribution >= 4 is 34.1 Å². The molecule has 1 N–H and O–H groups in total. The van der Waals surface area contributed by atoms with Crippen molar-refractivity contribution in [3.63, 3.8) is 0 Å². The molecule has 0 saturated carbocycles. The Labute approximate surface area is 167 Å². The molecule has 3 aromatic heterocycles. The first-order chi connectivity index (χ1) is 13.7. The van der Waals surface area contributed by atoms with Crippen molar-refractivity contribution in [2.45, 2.75) is 11.7 Å². The van der Waals surface area contributed by atoms with Crippen molar-refractivity contribution in [2.24, 2.45) is 0 Å². The molecule has 0 atom stereocenters. The molecule has 0 radical (unpaired) electrons. The average molecular weight is 415 g/mol. The molecular formula is C18H14FN5O2S2. The van der Waals surface area contributed by atoms with E-state index in [2.05, 4.69) is 20.5 Å². The summed E-state index contributed by atoms with van der Waals surface area (Å²) in [7, 11) is 0. The van der Waals surface area contributed by atoms with Gasteiger partial charge in [0.1, 0.15) is 17.9 Å². The maximum Gasteiger partial charge on any atom is 0.236 e. The van der Waals surface area contributed by atoms with E-state index in [9.17, 15) is 9.18 Å². The summed E-state index contributed by atoms with van der Waals surface area (Å²) in [5, 5.41) is 13.6. The quantitative estimate of drug-likeness (QED) is 0.461. The van der Waals surface area contributed by atoms with E-state index in [1.54, 1.807) is 24.7 Å². The topological polar surface area (TPSA) is 85.8 Å². The predicted octanol–water partition coefficient (Wildman–Crippen LogP) is 3.91. The van der Waals surface area contributed by atoms with E-state index in [1.807, 2.05) is 22.1 Å². The van der Waals surface area contributed by atoms with Crippen molar-refractivity contribution in [2.75, 3.05) is 11.1 Å². The minimum atomic E-state index is -0.301. The van der Waals surface area contributed by atoms with Crippen molar-refractivity contribution in [1.29, 1.82) is 0 Å². The fourth-order valence-electron chi connectivity index (χ4n) is 2.40. The highest BCUT2D eigenvalue weighted by Crippen LogP contribution is 2.25. The van der Waals surface area contributed by atoms with Gasteiger partial charge in [0.25, 0.3) is 0 Å². The fraction of sp³-hybridized carbons (Fsp3) is 0.111. The number of nitrogens with one attached hydrogen (secondary N) is 1. The molecule has 0 saturated heterocycles. The van der Waals surface area contributed by atoms with Crippen LogP contribution in [0.3, 0.4) is 0 Å². The summed E-state index contributed by atoms with van der Waals surface area (Å²) in [6.07, 6.45) is 3.20. The van der Waals surface area contributed by atoms with E-state index in [4.69, 9.17) is 4.42 Å². The van der Waals surface area contributed by atoms with E-state index in [0.29, 0.717) is 22.5 Å². The van der Waals surface area contributed by atoms with Crippen LogP contribution in [0, 0.1) is 5.82 Å². The summed E-state index contributed by atoms with van der Waals surface area (Å²) < 4.78 is 20.2. The van der Waals surface area contributed by atoms with Crippen molar-refractivity contribution < 1.29 is 13.6 Å². The highest BCUT2D eigenvalue weighted by atomic mass is 32.2. The van der Waals surface area contributed by atoms with E-state index in [0.717, 1.165) is 11.3 Å². The minimum absolute atomic E-state index is 0.169. The number of furan rings is 1. The van der Waals surface area contributed by atoms with Gasteiger partial charge in [-0.2, -0.15) is 0 Å². The normalized spacial score (nSPS) is 10.9. The molecule has 0 aliphatic carbocycles. The summed E-state index contributed by atoms with van der Waals surface area (Å²) in [4.78, 5) is 16.6. The van der Waals surface area contributed by atoms with Gasteiger partial charge < -0.3 is 14.3 Å². The number of carbonyl (C=O) groups is 1. The minimum Gasteiger partial charge on any atom is -0.467 e. The van der Waals surface area contributed by atoms with Gasteiger partial charge in [0, 0.05) is 10.9 Å². The van der Waals surface area contributed by atoms with E-state index >= 15 is 0 Å². The lowest BCUT2D eigenvalue weighted by Crippen LogP contribution is -2.14. The highest BCUT2D eigenvalue weighted by Gasteiger charge is 2.12. The SMILES string of the molecule is O=C(CSc1nncn1Cc1ccco1)Nc1nc(-c2ccc(F)cc2)cs1. The number of thiazole rings is 1. The zero-order chi connectivity index (χ0) is 19.3. The number of carbonyl (C=O) groups excluding carboxylic acids is 1. The first-order valence-electron chi connectivity index (χ1n) is 8.22. The number of anilines is 1. The molecular weight excluding hydrogens is 401 g/mol. The molecule has 0 unspecified atom stereocenters. The smallest absolute Gasteiger partial charge is 0.236 e. The molecule has 7 nitrogen and oxygen atoms in total. The van der Waals surface area contributed by atoms with Crippen LogP contribution in [0.4, 0.5) is 9.52 Å². The molecule has 1 aromatic carbocycles. The Morgan fingerprint density at radius 1 is 1.29 bits per heavy atom. The fourth-order valence-corrected chi connectivity index (χ4v) is 3.86. The molecule has 0 fully saturated rings. The largest absolute Gasteiger partial charge is 0.467 e. The van der Waals surface area contributed by atoms with Crippen LogP contribution < -0.4 is 5.32 Å². The average Bonchev–Trinajstić information content (AvgIpc) is 3.44. The third-order valence-electron chi connectivity index (χ3n) is 3.71. The molecule has 0 bridgehead atoms. The van der Waals surface area contributed by atoms with Gasteiger partial charge in [-0.3, -0.25) is 4.79 Å². The van der Waals surface area contributed by atoms with Gasteiger partial charge in [-0.25, -0.2) is 9.37 Å². The zero-order valence-electron chi connectivity index (χ0n) is 14.4. The summed E-state index contributed by atoms with van der Waals surface area (Å²) >= 11 is 2.59. The molecule has 28 heavy (non-hydrogen) atoms. The number of hydrogen-bond donors (Lipinski definition) is 1. The van der Waals surface area contributed by atoms with Crippen LogP contribution >= 0.6 is 23.1 Å². The van der Waals surface area contributed by atoms with Crippen LogP contribution in [0.25, 0.3) is 11.3 Å². The van der Waals surface area contributed by atoms with E-state index in [1.165, 1.54) is 35.2 Å². The van der Waals surface area contributed by atoms with E-state index in [-0.39, 0.29) is 17.5 Å². The number of benzene rings is 1. The van der Waals surface area contributed by atoms with Gasteiger partial charge in [0.15, 0.2) is 10.3 Å². The number of nitrogens with zero attached hydrogens (tertiary/aromatic N) is 4. The number of aromatic nitrogens is 4. The maximum absolute atomic E-state index is 13.0. The van der Waals surface area contributed by atoms with Crippen molar-refractivity contribution in [3.8, 4) is 11.3 Å². The van der Waals surface area contributed by atoms with Gasteiger partial charge in [-0.15, -0.1) is 21.5 Å². The first-order valence-corrected chi connectivity index (χ1v) is 10.1. The van der Waals surface area contributed by atoms with Crippen LogP contribution in [-0.4, -0.2) is 31.4 Å². The molecule has 3 heterocycles. The van der Waals surface area contributed by atoms with Crippen molar-refractivity contribution in [3.05, 3.63) is 65.9 Å². The van der Waals surface area contributed by atoms with Gasteiger partial charge >= 0.3 is 0 Å². The molecule has 0 spiro atoms. The van der Waals surface area contributed by atoms with Crippen LogP contribution in [-0.2, 0) is 11.3 Å². The molecule has 142 valence electrons. The standard InChI is InChI=1S/C18H14FN5O2S2/c19-13-5-3-12(4-6-13)15-9-27-17(21-15)22-16(25)10-28-18-23-20-11-24(18)8-14-2-1-7-26-14/h1-7,9,11H,8,10H2,(H,21,22,25). The Bertz CT molecular complexity index is 1060. The second-order valence-electron chi connectivity index (χ2n) is 5.70. The Kier molecular flexibility index (Phi) is 5.49. The maximum atomic E-state index is 13.0. The number of rotatable bonds is 7. The monoisotopic (exact) mass is 415 g/mol. The Balaban J connectivity index is 1.33. The zero-order valence-corrected chi connectivity index (χ0v) is 16.0. The summed E-state index contributed by atoms with van der Waals surface area (Å²) in [5.41, 5.74) is 1.48. The molecule has 0 aliphatic rings.